The van der Waals surface area contributed by atoms with E-state index in [9.17, 15) is 0 Å². The molecule has 1 spiro atoms. The standard InChI is InChI=1S/C78H55N4O.Pt/c1-49-18-15-21-53(39-49)67-47-79-76(42-52(67)4)82-72-31-12-8-25-65(72)66-37-35-60(46-75(66)82)83-59-23-16-22-58(45-59)80-48-81(74-33-14-13-32-73(74)80)77-61(26-17-27-62(77)57-40-50(2)38-51(3)41-57)54-34-36-64-63-24-7-11-30-70(63)78(71(64)44-54)68-28-9-5-19-55(68)43-56-20-6-10-29-69(56)78;/h5-42,44,47-48H,43H2,1-4H3;/q-3;/i1D3,2D3,3D3,4D3;. The maximum Gasteiger partial charge on any atom is 0.135 e. The largest absolute Gasteiger partial charge is 0.509 e. The molecule has 1 aliphatic heterocycles. The average Bonchev–Trinajstić information content (AvgIpc) is 1.49. The van der Waals surface area contributed by atoms with Crippen LogP contribution in [0.3, 0.4) is 0 Å². The summed E-state index contributed by atoms with van der Waals surface area (Å²) in [5, 5.41) is 1.69. The van der Waals surface area contributed by atoms with E-state index in [1.807, 2.05) is 101 Å². The van der Waals surface area contributed by atoms with Gasteiger partial charge in [-0.2, -0.15) is 12.1 Å². The number of hydrogen-bond donors (Lipinski definition) is 0. The van der Waals surface area contributed by atoms with E-state index >= 15 is 0 Å². The number of fused-ring (bicyclic) bond motifs is 13. The molecule has 84 heavy (non-hydrogen) atoms. The molecule has 13 aromatic rings. The number of hydrogen-bond acceptors (Lipinski definition) is 4. The Bertz CT molecular complexity index is 5220. The molecule has 0 N–H and O–H groups in total. The molecular weight excluding hydrogens is 1200 g/mol. The predicted octanol–water partition coefficient (Wildman–Crippen LogP) is 19.5. The molecule has 11 aromatic carbocycles. The van der Waals surface area contributed by atoms with Crippen LogP contribution in [0.4, 0.5) is 22.7 Å². The Hall–Kier alpha value is -9.54. The fraction of sp³-hybridized carbons (Fsp3) is 0.0769. The van der Waals surface area contributed by atoms with Gasteiger partial charge >= 0.3 is 0 Å². The van der Waals surface area contributed by atoms with Gasteiger partial charge in [0.25, 0.3) is 0 Å². The van der Waals surface area contributed by atoms with Gasteiger partial charge in [0, 0.05) is 94.5 Å². The molecule has 3 heterocycles. The third kappa shape index (κ3) is 8.04. The van der Waals surface area contributed by atoms with Crippen molar-refractivity contribution in [3.05, 3.63) is 317 Å². The Morgan fingerprint density at radius 1 is 0.476 bits per heavy atom. The molecule has 16 rings (SSSR count). The van der Waals surface area contributed by atoms with Gasteiger partial charge in [-0.25, -0.2) is 4.98 Å². The third-order valence-corrected chi connectivity index (χ3v) is 16.8. The summed E-state index contributed by atoms with van der Waals surface area (Å²) >= 11 is 0. The number of benzene rings is 11. The third-order valence-electron chi connectivity index (χ3n) is 16.8. The van der Waals surface area contributed by atoms with Crippen LogP contribution in [0.25, 0.3) is 72.1 Å². The number of aryl methyl sites for hydroxylation is 4. The van der Waals surface area contributed by atoms with Crippen LogP contribution in [0.1, 0.15) is 72.1 Å². The molecule has 0 saturated carbocycles. The minimum absolute atomic E-state index is 0. The van der Waals surface area contributed by atoms with Crippen LogP contribution in [-0.2, 0) is 32.9 Å². The Morgan fingerprint density at radius 2 is 1.12 bits per heavy atom. The molecule has 0 bridgehead atoms. The zero-order valence-corrected chi connectivity index (χ0v) is 47.2. The van der Waals surface area contributed by atoms with Gasteiger partial charge in [0.05, 0.1) is 5.41 Å². The SMILES string of the molecule is [2H]C([2H])([2H])c1cccc(-c2cnc(-n3c4[c-]c(Oc5[c-]c(N6[CH-]N(c7c(-c8cc(C([2H])([2H])[2H])cc(C([2H])([2H])[2H])c8)cccc7-c7ccc8c(c7)C7(c9ccccc9Cc9ccccc97)c7ccccc7-8)c7ccccc76)ccc5)ccc4c4ccccc43)cc2C([2H])([2H])[2H])c1.[Pt]. The Kier molecular flexibility index (Phi) is 9.54. The Balaban J connectivity index is 0.00000756. The molecule has 0 radical (unpaired) electrons. The predicted molar refractivity (Wildman–Crippen MR) is 340 cm³/mol. The maximum atomic E-state index is 8.68. The first-order chi connectivity index (χ1) is 45.6. The molecule has 0 amide bonds. The van der Waals surface area contributed by atoms with E-state index in [1.54, 1.807) is 30.3 Å². The van der Waals surface area contributed by atoms with Gasteiger partial charge in [0.1, 0.15) is 5.82 Å². The molecule has 5 nitrogen and oxygen atoms in total. The van der Waals surface area contributed by atoms with Crippen molar-refractivity contribution in [3.8, 4) is 61.8 Å². The number of rotatable bonds is 8. The van der Waals surface area contributed by atoms with Gasteiger partial charge in [-0.05, 0) is 136 Å². The van der Waals surface area contributed by atoms with Crippen LogP contribution in [0.2, 0.25) is 0 Å². The normalized spacial score (nSPS) is 16.0. The first-order valence-electron chi connectivity index (χ1n) is 33.6. The molecule has 3 aliphatic rings. The minimum Gasteiger partial charge on any atom is -0.509 e. The van der Waals surface area contributed by atoms with Gasteiger partial charge in [-0.3, -0.25) is 0 Å². The van der Waals surface area contributed by atoms with Crippen molar-refractivity contribution in [2.75, 3.05) is 9.80 Å². The van der Waals surface area contributed by atoms with Gasteiger partial charge < -0.3 is 19.1 Å². The molecule has 0 saturated heterocycles. The van der Waals surface area contributed by atoms with E-state index in [0.29, 0.717) is 50.9 Å². The molecule has 406 valence electrons. The number of para-hydroxylation sites is 4. The van der Waals surface area contributed by atoms with E-state index in [0.717, 1.165) is 61.9 Å². The second-order valence-corrected chi connectivity index (χ2v) is 21.5. The number of pyridine rings is 1. The summed E-state index contributed by atoms with van der Waals surface area (Å²) < 4.78 is 110. The summed E-state index contributed by atoms with van der Waals surface area (Å²) in [4.78, 5) is 8.96. The van der Waals surface area contributed by atoms with E-state index in [1.165, 1.54) is 58.3 Å². The van der Waals surface area contributed by atoms with E-state index in [2.05, 4.69) is 114 Å². The van der Waals surface area contributed by atoms with Crippen molar-refractivity contribution >= 4 is 44.6 Å². The summed E-state index contributed by atoms with van der Waals surface area (Å²) in [5.41, 5.74) is 16.4. The van der Waals surface area contributed by atoms with Crippen molar-refractivity contribution in [1.82, 2.24) is 9.55 Å². The maximum absolute atomic E-state index is 8.68. The second-order valence-electron chi connectivity index (χ2n) is 21.5. The van der Waals surface area contributed by atoms with E-state index < -0.39 is 32.8 Å². The summed E-state index contributed by atoms with van der Waals surface area (Å²) in [6, 6.07) is 83.1. The number of aromatic nitrogens is 2. The van der Waals surface area contributed by atoms with Gasteiger partial charge in [-0.15, -0.1) is 48.1 Å². The molecule has 0 unspecified atom stereocenters. The van der Waals surface area contributed by atoms with Gasteiger partial charge in [-0.1, -0.05) is 198 Å². The van der Waals surface area contributed by atoms with Crippen LogP contribution in [-0.4, -0.2) is 9.55 Å². The van der Waals surface area contributed by atoms with Crippen molar-refractivity contribution in [1.29, 1.82) is 0 Å². The number of ether oxygens (including phenoxy) is 1. The van der Waals surface area contributed by atoms with Crippen LogP contribution in [0, 0.1) is 46.2 Å². The number of anilines is 4. The monoisotopic (exact) mass is 1270 g/mol. The average molecular weight is 1270 g/mol. The quantitative estimate of drug-likeness (QED) is 0.142. The first kappa shape index (κ1) is 39.8. The van der Waals surface area contributed by atoms with Crippen molar-refractivity contribution in [2.45, 2.75) is 39.2 Å². The summed E-state index contributed by atoms with van der Waals surface area (Å²) in [5.74, 6) is 1.01. The van der Waals surface area contributed by atoms with Crippen molar-refractivity contribution < 1.29 is 42.3 Å². The molecule has 0 atom stereocenters. The topological polar surface area (TPSA) is 33.5 Å². The van der Waals surface area contributed by atoms with Crippen molar-refractivity contribution in [2.24, 2.45) is 0 Å². The zero-order chi connectivity index (χ0) is 65.5. The summed E-state index contributed by atoms with van der Waals surface area (Å²) in [6.07, 6.45) is 2.28. The fourth-order valence-electron chi connectivity index (χ4n) is 13.4. The van der Waals surface area contributed by atoms with Crippen LogP contribution in [0.15, 0.2) is 243 Å². The minimum atomic E-state index is -2.63. The summed E-state index contributed by atoms with van der Waals surface area (Å²) in [6.45, 7) is -8.30. The van der Waals surface area contributed by atoms with Gasteiger partial charge in [0.15, 0.2) is 0 Å². The Morgan fingerprint density at radius 3 is 1.92 bits per heavy atom. The zero-order valence-electron chi connectivity index (χ0n) is 56.9. The molecule has 2 aromatic heterocycles. The van der Waals surface area contributed by atoms with Crippen LogP contribution in [0.5, 0.6) is 11.5 Å². The summed E-state index contributed by atoms with van der Waals surface area (Å²) in [7, 11) is 0. The van der Waals surface area contributed by atoms with E-state index in [-0.39, 0.29) is 48.9 Å². The molecular formula is C78H55N4OPt-3. The Labute approximate surface area is 521 Å². The smallest absolute Gasteiger partial charge is 0.135 e. The van der Waals surface area contributed by atoms with Crippen LogP contribution < -0.4 is 14.5 Å². The molecule has 0 fully saturated rings. The first-order valence-corrected chi connectivity index (χ1v) is 27.6. The molecule has 6 heteroatoms. The van der Waals surface area contributed by atoms with Crippen LogP contribution >= 0.6 is 0 Å². The number of nitrogens with zero attached hydrogens (tertiary/aromatic N) is 4. The molecule has 2 aliphatic carbocycles. The second kappa shape index (κ2) is 20.1. The van der Waals surface area contributed by atoms with Crippen molar-refractivity contribution in [3.63, 3.8) is 0 Å². The van der Waals surface area contributed by atoms with E-state index in [4.69, 9.17) is 26.2 Å². The fourth-order valence-corrected chi connectivity index (χ4v) is 13.4. The van der Waals surface area contributed by atoms with Gasteiger partial charge in [0.2, 0.25) is 0 Å².